The number of benzene rings is 6. The summed E-state index contributed by atoms with van der Waals surface area (Å²) in [4.78, 5) is 59.0. The topological polar surface area (TPSA) is 247 Å². The molecule has 0 aliphatic heterocycles. The van der Waals surface area contributed by atoms with Gasteiger partial charge in [0, 0.05) is 37.2 Å². The Morgan fingerprint density at radius 3 is 1.77 bits per heavy atom. The second-order valence-electron chi connectivity index (χ2n) is 10.2. The predicted octanol–water partition coefficient (Wildman–Crippen LogP) is 3.72. The van der Waals surface area contributed by atoms with E-state index in [0.29, 0.717) is 12.0 Å². The zero-order chi connectivity index (χ0) is 33.7. The van der Waals surface area contributed by atoms with E-state index in [0.717, 1.165) is 30.3 Å². The third kappa shape index (κ3) is 4.69. The lowest BCUT2D eigenvalue weighted by Gasteiger charge is -2.14. The number of rotatable bonds is 5. The number of aromatic nitrogens is 2. The van der Waals surface area contributed by atoms with Crippen LogP contribution in [0.1, 0.15) is 0 Å². The zero-order valence-electron chi connectivity index (χ0n) is 22.6. The Kier molecular flexibility index (Phi) is 6.95. The van der Waals surface area contributed by atoms with Crippen molar-refractivity contribution in [2.24, 2.45) is 0 Å². The van der Waals surface area contributed by atoms with Crippen LogP contribution in [0.5, 0.6) is 0 Å². The van der Waals surface area contributed by atoms with Crippen molar-refractivity contribution in [3.05, 3.63) is 94.4 Å². The number of halogens is 1. The first-order valence-corrected chi connectivity index (χ1v) is 16.8. The molecule has 15 nitrogen and oxygen atoms in total. The summed E-state index contributed by atoms with van der Waals surface area (Å²) < 4.78 is 73.0. The lowest BCUT2D eigenvalue weighted by molar-refractivity contribution is -0.432. The first-order valence-electron chi connectivity index (χ1n) is 12.8. The van der Waals surface area contributed by atoms with Crippen molar-refractivity contribution >= 4 is 109 Å². The first-order chi connectivity index (χ1) is 22.1. The maximum atomic E-state index is 13.9. The number of hydrogen-bond acceptors (Lipinski definition) is 12. The van der Waals surface area contributed by atoms with Gasteiger partial charge in [0.1, 0.15) is 4.90 Å². The van der Waals surface area contributed by atoms with E-state index in [4.69, 9.17) is 16.9 Å². The molecule has 1 aromatic heterocycles. The SMILES string of the molecule is O=c1c2ccc(S(=O)(=O)O)cc2c(=O)c2c1cc(Cl)c1[nH]c3c([nH]c12)c(S(=O)(=O)O)cc1c(=O)c2ccc(SOOO)cc2c(=O)c13. The molecule has 1 heterocycles. The van der Waals surface area contributed by atoms with Gasteiger partial charge < -0.3 is 9.97 Å². The van der Waals surface area contributed by atoms with Crippen molar-refractivity contribution in [3.63, 3.8) is 0 Å². The van der Waals surface area contributed by atoms with Crippen molar-refractivity contribution in [1.82, 2.24) is 9.97 Å². The highest BCUT2D eigenvalue weighted by atomic mass is 35.5. The highest BCUT2D eigenvalue weighted by Gasteiger charge is 2.25. The minimum Gasteiger partial charge on any atom is -0.350 e. The van der Waals surface area contributed by atoms with E-state index in [1.807, 2.05) is 0 Å². The van der Waals surface area contributed by atoms with E-state index < -0.39 is 68.0 Å². The van der Waals surface area contributed by atoms with Gasteiger partial charge in [-0.05, 0) is 48.5 Å². The molecule has 0 fully saturated rings. The van der Waals surface area contributed by atoms with Crippen molar-refractivity contribution in [3.8, 4) is 0 Å². The summed E-state index contributed by atoms with van der Waals surface area (Å²) in [6.07, 6.45) is 0. The van der Waals surface area contributed by atoms with Gasteiger partial charge in [-0.25, -0.2) is 5.26 Å². The average Bonchev–Trinajstić information content (AvgIpc) is 3.02. The maximum Gasteiger partial charge on any atom is 0.296 e. The minimum absolute atomic E-state index is 0.110. The summed E-state index contributed by atoms with van der Waals surface area (Å²) in [5.41, 5.74) is -4.40. The molecule has 0 aliphatic carbocycles. The van der Waals surface area contributed by atoms with E-state index in [1.54, 1.807) is 0 Å². The normalized spacial score (nSPS) is 12.8. The van der Waals surface area contributed by atoms with Crippen LogP contribution in [0, 0.1) is 0 Å². The van der Waals surface area contributed by atoms with Crippen LogP contribution in [0.2, 0.25) is 5.02 Å². The molecule has 7 rings (SSSR count). The van der Waals surface area contributed by atoms with Crippen molar-refractivity contribution in [1.29, 1.82) is 0 Å². The Hall–Kier alpha value is -4.50. The Labute approximate surface area is 267 Å². The third-order valence-electron chi connectivity index (χ3n) is 7.71. The van der Waals surface area contributed by atoms with Gasteiger partial charge in [0.2, 0.25) is 0 Å². The average molecular weight is 717 g/mol. The van der Waals surface area contributed by atoms with Gasteiger partial charge in [0.05, 0.1) is 54.8 Å². The molecular formula is C28H13ClN2O13S3. The van der Waals surface area contributed by atoms with Gasteiger partial charge in [-0.15, -0.1) is 4.33 Å². The molecule has 5 N–H and O–H groups in total. The number of H-pyrrole nitrogens is 2. The van der Waals surface area contributed by atoms with Crippen molar-refractivity contribution in [2.45, 2.75) is 14.7 Å². The highest BCUT2D eigenvalue weighted by molar-refractivity contribution is 7.94. The highest BCUT2D eigenvalue weighted by Crippen LogP contribution is 2.34. The molecule has 47 heavy (non-hydrogen) atoms. The lowest BCUT2D eigenvalue weighted by Crippen LogP contribution is -2.17. The van der Waals surface area contributed by atoms with E-state index >= 15 is 0 Å². The quantitative estimate of drug-likeness (QED) is 0.0426. The van der Waals surface area contributed by atoms with Crippen LogP contribution in [0.3, 0.4) is 0 Å². The Morgan fingerprint density at radius 1 is 0.617 bits per heavy atom. The first kappa shape index (κ1) is 31.1. The second-order valence-corrected chi connectivity index (χ2v) is 14.2. The molecule has 0 unspecified atom stereocenters. The summed E-state index contributed by atoms with van der Waals surface area (Å²) >= 11 is 7.07. The molecule has 0 amide bonds. The van der Waals surface area contributed by atoms with Gasteiger partial charge in [-0.2, -0.15) is 16.8 Å². The standard InChI is InChI=1S/C28H13ClN2O13S3/c29-17-7-15-19(28(35)14-6-10(46(37,38)39)2-4-12(14)25(15)32)23-21(17)30-24-20-16(8-18(22(24)31-23)47(40,41)42)26(33)11-3-1-9(45-44-43-36)5-13(11)27(20)34/h1-8,30-31,36H,(H,37,38,39)(H,40,41,42). The number of hydrogen-bond donors (Lipinski definition) is 5. The molecule has 238 valence electrons. The lowest BCUT2D eigenvalue weighted by atomic mass is 9.99. The van der Waals surface area contributed by atoms with Crippen LogP contribution in [0.25, 0.3) is 65.2 Å². The fourth-order valence-electron chi connectivity index (χ4n) is 5.73. The molecule has 6 aromatic carbocycles. The Morgan fingerprint density at radius 2 is 1.17 bits per heavy atom. The van der Waals surface area contributed by atoms with E-state index in [2.05, 4.69) is 19.3 Å². The minimum atomic E-state index is -5.14. The van der Waals surface area contributed by atoms with Crippen molar-refractivity contribution < 1.29 is 40.6 Å². The van der Waals surface area contributed by atoms with Crippen LogP contribution in [0.15, 0.2) is 82.4 Å². The van der Waals surface area contributed by atoms with Gasteiger partial charge in [-0.1, -0.05) is 16.6 Å². The summed E-state index contributed by atoms with van der Waals surface area (Å²) in [5, 5.41) is 9.70. The molecule has 0 saturated carbocycles. The largest absolute Gasteiger partial charge is 0.350 e. The van der Waals surface area contributed by atoms with Crippen LogP contribution in [0.4, 0.5) is 0 Å². The molecule has 19 heteroatoms. The fourth-order valence-corrected chi connectivity index (χ4v) is 7.57. The van der Waals surface area contributed by atoms with Gasteiger partial charge in [0.25, 0.3) is 20.2 Å². The summed E-state index contributed by atoms with van der Waals surface area (Å²) in [5.74, 6) is 0. The van der Waals surface area contributed by atoms with Gasteiger partial charge in [0.15, 0.2) is 21.7 Å². The Balaban J connectivity index is 1.72. The van der Waals surface area contributed by atoms with E-state index in [-0.39, 0.29) is 58.8 Å². The van der Waals surface area contributed by atoms with E-state index in [9.17, 15) is 45.1 Å². The summed E-state index contributed by atoms with van der Waals surface area (Å²) in [6.45, 7) is 0. The monoisotopic (exact) mass is 716 g/mol. The molecule has 0 atom stereocenters. The van der Waals surface area contributed by atoms with Crippen LogP contribution in [-0.2, 0) is 29.6 Å². The maximum absolute atomic E-state index is 13.9. The second kappa shape index (κ2) is 10.5. The van der Waals surface area contributed by atoms with Crippen LogP contribution >= 0.6 is 23.6 Å². The number of fused-ring (bicyclic) bond motifs is 8. The molecule has 0 radical (unpaired) electrons. The number of nitrogens with one attached hydrogen (secondary N) is 2. The molecule has 7 aromatic rings. The van der Waals surface area contributed by atoms with Crippen LogP contribution < -0.4 is 21.7 Å². The van der Waals surface area contributed by atoms with Crippen LogP contribution in [-0.4, -0.2) is 41.2 Å². The molecule has 0 aliphatic rings. The summed E-state index contributed by atoms with van der Waals surface area (Å²) in [6, 6.07) is 8.63. The molecular weight excluding hydrogens is 704 g/mol. The fraction of sp³-hybridized carbons (Fsp3) is 0. The molecule has 0 spiro atoms. The van der Waals surface area contributed by atoms with Crippen molar-refractivity contribution in [2.75, 3.05) is 0 Å². The molecule has 0 bridgehead atoms. The van der Waals surface area contributed by atoms with E-state index in [1.165, 1.54) is 18.2 Å². The van der Waals surface area contributed by atoms with Gasteiger partial charge in [-0.3, -0.25) is 28.3 Å². The smallest absolute Gasteiger partial charge is 0.296 e. The zero-order valence-corrected chi connectivity index (χ0v) is 25.9. The predicted molar refractivity (Wildman–Crippen MR) is 172 cm³/mol. The Bertz CT molecular complexity index is 3050. The number of aromatic amines is 2. The molecule has 0 saturated heterocycles. The third-order valence-corrected chi connectivity index (χ3v) is 10.3. The van der Waals surface area contributed by atoms with Gasteiger partial charge >= 0.3 is 0 Å². The summed E-state index contributed by atoms with van der Waals surface area (Å²) in [7, 11) is -9.92.